The molecule has 0 bridgehead atoms. The van der Waals surface area contributed by atoms with Gasteiger partial charge >= 0.3 is 0 Å². The van der Waals surface area contributed by atoms with Crippen LogP contribution in [0.25, 0.3) is 0 Å². The van der Waals surface area contributed by atoms with Gasteiger partial charge in [-0.25, -0.2) is 4.98 Å². The molecule has 0 aromatic carbocycles. The van der Waals surface area contributed by atoms with Gasteiger partial charge in [-0.3, -0.25) is 9.69 Å². The summed E-state index contributed by atoms with van der Waals surface area (Å²) in [5.74, 6) is 1.80. The Morgan fingerprint density at radius 1 is 1.44 bits per heavy atom. The molecule has 136 valence electrons. The molecule has 0 aliphatic carbocycles. The first-order valence-electron chi connectivity index (χ1n) is 8.44. The molecule has 0 spiro atoms. The van der Waals surface area contributed by atoms with Gasteiger partial charge in [-0.05, 0) is 13.8 Å². The maximum absolute atomic E-state index is 11.6. The van der Waals surface area contributed by atoms with Crippen molar-refractivity contribution in [2.45, 2.75) is 39.6 Å². The van der Waals surface area contributed by atoms with Crippen molar-refractivity contribution in [3.05, 3.63) is 35.2 Å². The monoisotopic (exact) mass is 347 g/mol. The van der Waals surface area contributed by atoms with E-state index in [2.05, 4.69) is 26.5 Å². The zero-order valence-electron chi connectivity index (χ0n) is 15.2. The predicted octanol–water partition coefficient (Wildman–Crippen LogP) is 1.36. The number of hydrogen-bond donors (Lipinski definition) is 0. The SMILES string of the molecule is Cc1cc(CN2CCn3c(COCC(=O)N(C)C)cnc3[C@@H]2C)no1. The lowest BCUT2D eigenvalue weighted by Crippen LogP contribution is -2.37. The summed E-state index contributed by atoms with van der Waals surface area (Å²) in [6.07, 6.45) is 1.84. The Morgan fingerprint density at radius 2 is 2.24 bits per heavy atom. The minimum Gasteiger partial charge on any atom is -0.365 e. The molecule has 0 radical (unpaired) electrons. The Hall–Kier alpha value is -2.19. The van der Waals surface area contributed by atoms with Crippen molar-refractivity contribution in [2.75, 3.05) is 27.2 Å². The summed E-state index contributed by atoms with van der Waals surface area (Å²) >= 11 is 0. The predicted molar refractivity (Wildman–Crippen MR) is 90.6 cm³/mol. The van der Waals surface area contributed by atoms with Gasteiger partial charge in [-0.1, -0.05) is 5.16 Å². The van der Waals surface area contributed by atoms with Crippen molar-refractivity contribution in [1.29, 1.82) is 0 Å². The fourth-order valence-corrected chi connectivity index (χ4v) is 3.01. The Kier molecular flexibility index (Phi) is 5.19. The van der Waals surface area contributed by atoms with Crippen LogP contribution in [-0.2, 0) is 29.2 Å². The van der Waals surface area contributed by atoms with Crippen molar-refractivity contribution < 1.29 is 14.1 Å². The van der Waals surface area contributed by atoms with E-state index in [1.165, 1.54) is 4.90 Å². The first-order valence-corrected chi connectivity index (χ1v) is 8.44. The highest BCUT2D eigenvalue weighted by Crippen LogP contribution is 2.27. The third kappa shape index (κ3) is 3.91. The third-order valence-electron chi connectivity index (χ3n) is 4.52. The Bertz CT molecular complexity index is 736. The second kappa shape index (κ2) is 7.37. The van der Waals surface area contributed by atoms with Crippen LogP contribution in [0.15, 0.2) is 16.8 Å². The molecule has 1 atom stereocenters. The standard InChI is InChI=1S/C17H25N5O3/c1-12-7-14(19-25-12)9-21-5-6-22-15(8-18-17(22)13(21)2)10-24-11-16(23)20(3)4/h7-8,13H,5-6,9-11H2,1-4H3/t13-/m0/s1. The molecule has 25 heavy (non-hydrogen) atoms. The number of imidazole rings is 1. The second-order valence-corrected chi connectivity index (χ2v) is 6.62. The number of ether oxygens (including phenoxy) is 1. The zero-order chi connectivity index (χ0) is 18.0. The summed E-state index contributed by atoms with van der Waals surface area (Å²) in [4.78, 5) is 20.0. The lowest BCUT2D eigenvalue weighted by Gasteiger charge is -2.33. The first-order chi connectivity index (χ1) is 12.0. The number of hydrogen-bond acceptors (Lipinski definition) is 6. The molecular weight excluding hydrogens is 322 g/mol. The van der Waals surface area contributed by atoms with E-state index in [1.54, 1.807) is 14.1 Å². The number of aromatic nitrogens is 3. The van der Waals surface area contributed by atoms with Crippen LogP contribution in [0.5, 0.6) is 0 Å². The lowest BCUT2D eigenvalue weighted by molar-refractivity contribution is -0.134. The van der Waals surface area contributed by atoms with Crippen LogP contribution in [0.4, 0.5) is 0 Å². The molecule has 0 saturated carbocycles. The molecule has 3 rings (SSSR count). The fourth-order valence-electron chi connectivity index (χ4n) is 3.01. The molecule has 1 aliphatic heterocycles. The van der Waals surface area contributed by atoms with E-state index in [9.17, 15) is 4.79 Å². The smallest absolute Gasteiger partial charge is 0.248 e. The summed E-state index contributed by atoms with van der Waals surface area (Å²) in [6, 6.07) is 2.15. The van der Waals surface area contributed by atoms with E-state index < -0.39 is 0 Å². The molecule has 1 aliphatic rings. The summed E-state index contributed by atoms with van der Waals surface area (Å²) < 4.78 is 12.9. The number of rotatable bonds is 6. The molecule has 0 unspecified atom stereocenters. The first kappa shape index (κ1) is 17.6. The van der Waals surface area contributed by atoms with Crippen LogP contribution in [-0.4, -0.2) is 57.7 Å². The van der Waals surface area contributed by atoms with E-state index >= 15 is 0 Å². The molecule has 0 fully saturated rings. The van der Waals surface area contributed by atoms with Gasteiger partial charge < -0.3 is 18.7 Å². The number of aryl methyl sites for hydroxylation is 1. The van der Waals surface area contributed by atoms with E-state index in [-0.39, 0.29) is 18.6 Å². The maximum Gasteiger partial charge on any atom is 0.248 e. The number of nitrogens with zero attached hydrogens (tertiary/aromatic N) is 5. The van der Waals surface area contributed by atoms with Crippen LogP contribution in [0.2, 0.25) is 0 Å². The molecule has 8 heteroatoms. The van der Waals surface area contributed by atoms with Gasteiger partial charge in [0.2, 0.25) is 5.91 Å². The third-order valence-corrected chi connectivity index (χ3v) is 4.52. The highest BCUT2D eigenvalue weighted by Gasteiger charge is 2.27. The number of fused-ring (bicyclic) bond motifs is 1. The van der Waals surface area contributed by atoms with Gasteiger partial charge in [0.15, 0.2) is 0 Å². The summed E-state index contributed by atoms with van der Waals surface area (Å²) in [5.41, 5.74) is 1.94. The van der Waals surface area contributed by atoms with Crippen LogP contribution in [0, 0.1) is 6.92 Å². The van der Waals surface area contributed by atoms with Crippen LogP contribution in [0.3, 0.4) is 0 Å². The van der Waals surface area contributed by atoms with Crippen LogP contribution in [0.1, 0.15) is 35.9 Å². The highest BCUT2D eigenvalue weighted by molar-refractivity contribution is 5.76. The Morgan fingerprint density at radius 3 is 2.92 bits per heavy atom. The number of amides is 1. The van der Waals surface area contributed by atoms with Crippen molar-refractivity contribution in [1.82, 2.24) is 24.5 Å². The van der Waals surface area contributed by atoms with E-state index in [0.717, 1.165) is 42.6 Å². The topological polar surface area (TPSA) is 76.6 Å². The molecular formula is C17H25N5O3. The number of carbonyl (C=O) groups excluding carboxylic acids is 1. The molecule has 0 N–H and O–H groups in total. The minimum atomic E-state index is -0.0409. The second-order valence-electron chi connectivity index (χ2n) is 6.62. The van der Waals surface area contributed by atoms with Crippen molar-refractivity contribution in [2.24, 2.45) is 0 Å². The molecule has 3 heterocycles. The van der Waals surface area contributed by atoms with Gasteiger partial charge in [0.1, 0.15) is 18.2 Å². The van der Waals surface area contributed by atoms with E-state index in [0.29, 0.717) is 6.61 Å². The Labute approximate surface area is 147 Å². The molecule has 2 aromatic heterocycles. The average Bonchev–Trinajstić information content (AvgIpc) is 3.17. The summed E-state index contributed by atoms with van der Waals surface area (Å²) in [6.45, 7) is 7.01. The van der Waals surface area contributed by atoms with Crippen molar-refractivity contribution >= 4 is 5.91 Å². The van der Waals surface area contributed by atoms with Gasteiger partial charge in [0.25, 0.3) is 0 Å². The summed E-state index contributed by atoms with van der Waals surface area (Å²) in [5, 5.41) is 4.08. The Balaban J connectivity index is 1.62. The minimum absolute atomic E-state index is 0.0409. The van der Waals surface area contributed by atoms with Gasteiger partial charge in [-0.2, -0.15) is 0 Å². The highest BCUT2D eigenvalue weighted by atomic mass is 16.5. The maximum atomic E-state index is 11.6. The zero-order valence-corrected chi connectivity index (χ0v) is 15.2. The molecule has 1 amide bonds. The van der Waals surface area contributed by atoms with Crippen LogP contribution >= 0.6 is 0 Å². The summed E-state index contributed by atoms with van der Waals surface area (Å²) in [7, 11) is 3.44. The molecule has 2 aromatic rings. The molecule has 0 saturated heterocycles. The largest absolute Gasteiger partial charge is 0.365 e. The van der Waals surface area contributed by atoms with Gasteiger partial charge in [0, 0.05) is 39.8 Å². The van der Waals surface area contributed by atoms with E-state index in [4.69, 9.17) is 9.26 Å². The van der Waals surface area contributed by atoms with Crippen LogP contribution < -0.4 is 0 Å². The quantitative estimate of drug-likeness (QED) is 0.785. The normalized spacial score (nSPS) is 17.5. The van der Waals surface area contributed by atoms with Gasteiger partial charge in [-0.15, -0.1) is 0 Å². The number of carbonyl (C=O) groups is 1. The van der Waals surface area contributed by atoms with E-state index in [1.807, 2.05) is 19.2 Å². The van der Waals surface area contributed by atoms with Crippen molar-refractivity contribution in [3.8, 4) is 0 Å². The fraction of sp³-hybridized carbons (Fsp3) is 0.588. The number of likely N-dealkylation sites (N-methyl/N-ethyl adjacent to an activating group) is 1. The van der Waals surface area contributed by atoms with Gasteiger partial charge in [0.05, 0.1) is 30.2 Å². The molecule has 8 nitrogen and oxygen atoms in total. The lowest BCUT2D eigenvalue weighted by atomic mass is 10.2. The average molecular weight is 347 g/mol. The van der Waals surface area contributed by atoms with Crippen molar-refractivity contribution in [3.63, 3.8) is 0 Å².